The van der Waals surface area contributed by atoms with Crippen molar-refractivity contribution >= 4 is 5.91 Å². The number of nitrogens with two attached hydrogens (primary N) is 1. The van der Waals surface area contributed by atoms with Crippen molar-refractivity contribution in [2.75, 3.05) is 13.2 Å². The van der Waals surface area contributed by atoms with Gasteiger partial charge in [-0.15, -0.1) is 0 Å². The van der Waals surface area contributed by atoms with E-state index in [1.54, 1.807) is 18.2 Å². The average molecular weight is 234 g/mol. The van der Waals surface area contributed by atoms with Crippen LogP contribution in [0.15, 0.2) is 12.1 Å². The molecule has 3 N–H and O–H groups in total. The minimum absolute atomic E-state index is 0.0297. The summed E-state index contributed by atoms with van der Waals surface area (Å²) in [5.74, 6) is 0.139. The maximum Gasteiger partial charge on any atom is 0.258 e. The molecule has 90 valence electrons. The van der Waals surface area contributed by atoms with E-state index < -0.39 is 0 Å². The molecule has 0 saturated carbocycles. The van der Waals surface area contributed by atoms with Crippen LogP contribution in [0, 0.1) is 18.3 Å². The Morgan fingerprint density at radius 1 is 1.65 bits per heavy atom. The molecule has 0 bridgehead atoms. The number of carbonyl (C=O) groups is 1. The van der Waals surface area contributed by atoms with Gasteiger partial charge in [0.2, 0.25) is 0 Å². The Hall–Kier alpha value is -2.13. The van der Waals surface area contributed by atoms with Crippen LogP contribution in [0.25, 0.3) is 0 Å². The fourth-order valence-electron chi connectivity index (χ4n) is 1.21. The van der Waals surface area contributed by atoms with Gasteiger partial charge in [-0.2, -0.15) is 5.26 Å². The van der Waals surface area contributed by atoms with Crippen LogP contribution in [0.4, 0.5) is 0 Å². The van der Waals surface area contributed by atoms with Crippen LogP contribution in [-0.2, 0) is 11.3 Å². The van der Waals surface area contributed by atoms with Crippen molar-refractivity contribution in [2.45, 2.75) is 13.5 Å². The number of ether oxygens (including phenoxy) is 1. The van der Waals surface area contributed by atoms with Gasteiger partial charge in [0.05, 0.1) is 11.8 Å². The summed E-state index contributed by atoms with van der Waals surface area (Å²) >= 11 is 0. The third-order valence-electron chi connectivity index (χ3n) is 1.99. The van der Waals surface area contributed by atoms with E-state index in [0.717, 1.165) is 5.69 Å². The van der Waals surface area contributed by atoms with Crippen molar-refractivity contribution in [1.82, 2.24) is 10.3 Å². The van der Waals surface area contributed by atoms with Crippen LogP contribution in [-0.4, -0.2) is 24.0 Å². The molecule has 1 amide bonds. The van der Waals surface area contributed by atoms with E-state index in [-0.39, 0.29) is 25.6 Å². The minimum Gasteiger partial charge on any atom is -0.482 e. The molecule has 1 aromatic heterocycles. The molecule has 0 aromatic carbocycles. The number of pyridine rings is 1. The topological polar surface area (TPSA) is 101 Å². The van der Waals surface area contributed by atoms with Crippen molar-refractivity contribution in [3.63, 3.8) is 0 Å². The predicted molar refractivity (Wildman–Crippen MR) is 61.0 cm³/mol. The zero-order valence-corrected chi connectivity index (χ0v) is 9.56. The summed E-state index contributed by atoms with van der Waals surface area (Å²) in [6, 6.07) is 5.31. The Morgan fingerprint density at radius 3 is 3.06 bits per heavy atom. The molecule has 0 fully saturated rings. The van der Waals surface area contributed by atoms with E-state index in [1.807, 2.05) is 6.92 Å². The average Bonchev–Trinajstić information content (AvgIpc) is 2.34. The zero-order chi connectivity index (χ0) is 12.7. The maximum absolute atomic E-state index is 11.2. The first-order chi connectivity index (χ1) is 8.17. The van der Waals surface area contributed by atoms with Crippen molar-refractivity contribution in [2.24, 2.45) is 5.73 Å². The van der Waals surface area contributed by atoms with E-state index >= 15 is 0 Å². The number of nitriles is 1. The second kappa shape index (κ2) is 6.45. The molecule has 6 nitrogen and oxygen atoms in total. The normalized spacial score (nSPS) is 9.47. The first-order valence-corrected chi connectivity index (χ1v) is 5.10. The van der Waals surface area contributed by atoms with Crippen molar-refractivity contribution in [3.05, 3.63) is 23.5 Å². The van der Waals surface area contributed by atoms with Crippen molar-refractivity contribution in [1.29, 1.82) is 5.26 Å². The number of hydrogen-bond donors (Lipinski definition) is 2. The van der Waals surface area contributed by atoms with Crippen LogP contribution in [0.3, 0.4) is 0 Å². The minimum atomic E-state index is -0.352. The molecule has 0 unspecified atom stereocenters. The Morgan fingerprint density at radius 2 is 2.41 bits per heavy atom. The number of amides is 1. The molecule has 0 radical (unpaired) electrons. The highest BCUT2D eigenvalue weighted by molar-refractivity contribution is 5.77. The lowest BCUT2D eigenvalue weighted by Gasteiger charge is -2.09. The Balaban J connectivity index is 2.57. The number of nitrogens with zero attached hydrogens (tertiary/aromatic N) is 2. The first kappa shape index (κ1) is 12.9. The monoisotopic (exact) mass is 234 g/mol. The summed E-state index contributed by atoms with van der Waals surface area (Å²) in [6.07, 6.45) is 0. The molecular formula is C11H14N4O2. The number of rotatable bonds is 5. The number of hydrogen-bond acceptors (Lipinski definition) is 5. The number of aryl methyl sites for hydroxylation is 1. The molecule has 0 aliphatic carbocycles. The molecule has 0 aliphatic rings. The highest BCUT2D eigenvalue weighted by Crippen LogP contribution is 2.15. The molecule has 6 heteroatoms. The van der Waals surface area contributed by atoms with Gasteiger partial charge in [0, 0.05) is 12.2 Å². The highest BCUT2D eigenvalue weighted by Gasteiger charge is 2.07. The van der Waals surface area contributed by atoms with Crippen LogP contribution in [0.1, 0.15) is 11.4 Å². The number of nitrogens with one attached hydrogen (secondary N) is 1. The summed E-state index contributed by atoms with van der Waals surface area (Å²) in [4.78, 5) is 15.4. The van der Waals surface area contributed by atoms with Gasteiger partial charge in [0.15, 0.2) is 6.61 Å². The molecule has 1 heterocycles. The van der Waals surface area contributed by atoms with Gasteiger partial charge < -0.3 is 15.8 Å². The Kier molecular flexibility index (Phi) is 4.91. The van der Waals surface area contributed by atoms with Gasteiger partial charge in [-0.1, -0.05) is 0 Å². The third-order valence-corrected chi connectivity index (χ3v) is 1.99. The highest BCUT2D eigenvalue weighted by atomic mass is 16.5. The molecule has 0 saturated heterocycles. The Bertz CT molecular complexity index is 440. The zero-order valence-electron chi connectivity index (χ0n) is 9.56. The molecule has 0 aliphatic heterocycles. The molecule has 1 aromatic rings. The fourth-order valence-corrected chi connectivity index (χ4v) is 1.21. The van der Waals surface area contributed by atoms with Crippen molar-refractivity contribution in [3.8, 4) is 11.8 Å². The molecule has 1 rings (SSSR count). The van der Waals surface area contributed by atoms with E-state index in [1.165, 1.54) is 0 Å². The first-order valence-electron chi connectivity index (χ1n) is 5.10. The van der Waals surface area contributed by atoms with E-state index in [2.05, 4.69) is 10.3 Å². The van der Waals surface area contributed by atoms with E-state index in [4.69, 9.17) is 15.7 Å². The van der Waals surface area contributed by atoms with Gasteiger partial charge in [0.25, 0.3) is 5.91 Å². The lowest BCUT2D eigenvalue weighted by atomic mass is 10.3. The second-order valence-corrected chi connectivity index (χ2v) is 3.33. The quantitative estimate of drug-likeness (QED) is 0.691. The summed E-state index contributed by atoms with van der Waals surface area (Å²) in [5, 5.41) is 10.7. The largest absolute Gasteiger partial charge is 0.482 e. The fraction of sp³-hybridized carbons (Fsp3) is 0.364. The van der Waals surface area contributed by atoms with Gasteiger partial charge >= 0.3 is 0 Å². The van der Waals surface area contributed by atoms with Gasteiger partial charge in [-0.3, -0.25) is 9.78 Å². The Labute approximate surface area is 99.4 Å². The molecule has 17 heavy (non-hydrogen) atoms. The van der Waals surface area contributed by atoms with Gasteiger partial charge in [-0.05, 0) is 19.1 Å². The SMILES string of the molecule is Cc1ccc(OCC(=O)NCC#N)c(CN)n1. The van der Waals surface area contributed by atoms with Gasteiger partial charge in [-0.25, -0.2) is 0 Å². The predicted octanol–water partition coefficient (Wildman–Crippen LogP) is -0.133. The van der Waals surface area contributed by atoms with Crippen LogP contribution in [0.2, 0.25) is 0 Å². The summed E-state index contributed by atoms with van der Waals surface area (Å²) < 4.78 is 5.28. The standard InChI is InChI=1S/C11H14N4O2/c1-8-2-3-10(9(6-13)15-8)17-7-11(16)14-5-4-12/h2-3H,5-7,13H2,1H3,(H,14,16). The van der Waals surface area contributed by atoms with E-state index in [9.17, 15) is 4.79 Å². The van der Waals surface area contributed by atoms with Crippen LogP contribution >= 0.6 is 0 Å². The maximum atomic E-state index is 11.2. The van der Waals surface area contributed by atoms with Crippen molar-refractivity contribution < 1.29 is 9.53 Å². The third kappa shape index (κ3) is 4.09. The molecular weight excluding hydrogens is 220 g/mol. The van der Waals surface area contributed by atoms with E-state index in [0.29, 0.717) is 11.4 Å². The van der Waals surface area contributed by atoms with Gasteiger partial charge in [0.1, 0.15) is 12.3 Å². The number of carbonyl (C=O) groups excluding carboxylic acids is 1. The molecule has 0 atom stereocenters. The smallest absolute Gasteiger partial charge is 0.258 e. The lowest BCUT2D eigenvalue weighted by Crippen LogP contribution is -2.29. The van der Waals surface area contributed by atoms with Crippen LogP contribution in [0.5, 0.6) is 5.75 Å². The summed E-state index contributed by atoms with van der Waals surface area (Å²) in [7, 11) is 0. The molecule has 0 spiro atoms. The lowest BCUT2D eigenvalue weighted by molar-refractivity contribution is -0.122. The van der Waals surface area contributed by atoms with Crippen LogP contribution < -0.4 is 15.8 Å². The number of aromatic nitrogens is 1. The second-order valence-electron chi connectivity index (χ2n) is 3.33. The summed E-state index contributed by atoms with van der Waals surface area (Å²) in [6.45, 7) is 1.91. The summed E-state index contributed by atoms with van der Waals surface area (Å²) in [5.41, 5.74) is 6.97.